The van der Waals surface area contributed by atoms with Gasteiger partial charge < -0.3 is 10.1 Å². The maximum Gasteiger partial charge on any atom is 0.251 e. The minimum absolute atomic E-state index is 0.114. The second kappa shape index (κ2) is 7.66. The number of aryl methyl sites for hydroxylation is 2. The lowest BCUT2D eigenvalue weighted by molar-refractivity contribution is 0.0947. The summed E-state index contributed by atoms with van der Waals surface area (Å²) in [6.45, 7) is 4.89. The molecule has 128 valence electrons. The van der Waals surface area contributed by atoms with Crippen LogP contribution in [-0.4, -0.2) is 28.8 Å². The van der Waals surface area contributed by atoms with Crippen molar-refractivity contribution in [1.29, 1.82) is 0 Å². The summed E-state index contributed by atoms with van der Waals surface area (Å²) in [6, 6.07) is 17.2. The zero-order chi connectivity index (χ0) is 17.6. The fourth-order valence-electron chi connectivity index (χ4n) is 2.53. The van der Waals surface area contributed by atoms with E-state index in [0.29, 0.717) is 18.7 Å². The van der Waals surface area contributed by atoms with Crippen LogP contribution in [0.1, 0.15) is 21.6 Å². The lowest BCUT2D eigenvalue weighted by Gasteiger charge is -2.09. The highest BCUT2D eigenvalue weighted by molar-refractivity contribution is 5.94. The highest BCUT2D eigenvalue weighted by atomic mass is 16.5. The standard InChI is InChI=1S/C20H21N3O2/c1-15-4-3-5-19(14-15)25-13-12-21-20(24)17-6-8-18(9-7-17)23-16(2)10-11-22-23/h3-11,14H,12-13H2,1-2H3,(H,21,24). The average molecular weight is 335 g/mol. The van der Waals surface area contributed by atoms with Crippen molar-refractivity contribution in [3.05, 3.63) is 77.6 Å². The molecule has 5 heteroatoms. The van der Waals surface area contributed by atoms with Crippen LogP contribution >= 0.6 is 0 Å². The highest BCUT2D eigenvalue weighted by Gasteiger charge is 2.06. The van der Waals surface area contributed by atoms with Gasteiger partial charge in [-0.25, -0.2) is 4.68 Å². The number of aromatic nitrogens is 2. The van der Waals surface area contributed by atoms with E-state index in [9.17, 15) is 4.79 Å². The molecule has 0 aliphatic carbocycles. The minimum atomic E-state index is -0.114. The van der Waals surface area contributed by atoms with Crippen LogP contribution in [-0.2, 0) is 0 Å². The van der Waals surface area contributed by atoms with Crippen LogP contribution in [0.4, 0.5) is 0 Å². The summed E-state index contributed by atoms with van der Waals surface area (Å²) in [6.07, 6.45) is 1.75. The predicted molar refractivity (Wildman–Crippen MR) is 97.3 cm³/mol. The first-order chi connectivity index (χ1) is 12.1. The summed E-state index contributed by atoms with van der Waals surface area (Å²) in [5.41, 5.74) is 3.74. The van der Waals surface area contributed by atoms with E-state index in [4.69, 9.17) is 4.74 Å². The lowest BCUT2D eigenvalue weighted by atomic mass is 10.2. The molecule has 0 aliphatic heterocycles. The Balaban J connectivity index is 1.51. The number of carbonyl (C=O) groups is 1. The summed E-state index contributed by atoms with van der Waals surface area (Å²) in [5.74, 6) is 0.699. The largest absolute Gasteiger partial charge is 0.492 e. The Hall–Kier alpha value is -3.08. The van der Waals surface area contributed by atoms with Gasteiger partial charge in [0.1, 0.15) is 12.4 Å². The zero-order valence-corrected chi connectivity index (χ0v) is 14.4. The van der Waals surface area contributed by atoms with Crippen LogP contribution in [0.2, 0.25) is 0 Å². The van der Waals surface area contributed by atoms with Gasteiger partial charge in [-0.2, -0.15) is 5.10 Å². The molecule has 0 aliphatic rings. The van der Waals surface area contributed by atoms with E-state index in [1.807, 2.05) is 61.0 Å². The van der Waals surface area contributed by atoms with Gasteiger partial charge in [0.05, 0.1) is 12.2 Å². The van der Waals surface area contributed by atoms with Gasteiger partial charge in [-0.3, -0.25) is 4.79 Å². The molecule has 1 aromatic heterocycles. The van der Waals surface area contributed by atoms with E-state index in [1.165, 1.54) is 0 Å². The smallest absolute Gasteiger partial charge is 0.251 e. The van der Waals surface area contributed by atoms with Crippen molar-refractivity contribution in [1.82, 2.24) is 15.1 Å². The Kier molecular flexibility index (Phi) is 5.14. The molecule has 0 radical (unpaired) electrons. The molecule has 3 aromatic rings. The number of nitrogens with one attached hydrogen (secondary N) is 1. The fraction of sp³-hybridized carbons (Fsp3) is 0.200. The Labute approximate surface area is 147 Å². The van der Waals surface area contributed by atoms with Crippen LogP contribution in [0.3, 0.4) is 0 Å². The van der Waals surface area contributed by atoms with Gasteiger partial charge in [0.15, 0.2) is 0 Å². The van der Waals surface area contributed by atoms with Crippen LogP contribution in [0.15, 0.2) is 60.8 Å². The van der Waals surface area contributed by atoms with Crippen LogP contribution in [0.25, 0.3) is 5.69 Å². The Morgan fingerprint density at radius 2 is 1.92 bits per heavy atom. The van der Waals surface area contributed by atoms with E-state index in [0.717, 1.165) is 22.7 Å². The van der Waals surface area contributed by atoms with Crippen molar-refractivity contribution in [2.45, 2.75) is 13.8 Å². The predicted octanol–water partition coefficient (Wildman–Crippen LogP) is 3.30. The number of nitrogens with zero attached hydrogens (tertiary/aromatic N) is 2. The Morgan fingerprint density at radius 3 is 2.60 bits per heavy atom. The van der Waals surface area contributed by atoms with Crippen molar-refractivity contribution >= 4 is 5.91 Å². The molecule has 0 atom stereocenters. The molecular formula is C20H21N3O2. The maximum atomic E-state index is 12.2. The molecule has 2 aromatic carbocycles. The van der Waals surface area contributed by atoms with E-state index in [1.54, 1.807) is 18.3 Å². The van der Waals surface area contributed by atoms with Crippen molar-refractivity contribution in [3.8, 4) is 11.4 Å². The van der Waals surface area contributed by atoms with E-state index >= 15 is 0 Å². The van der Waals surface area contributed by atoms with Crippen LogP contribution < -0.4 is 10.1 Å². The second-order valence-electron chi connectivity index (χ2n) is 5.85. The number of carbonyl (C=O) groups excluding carboxylic acids is 1. The van der Waals surface area contributed by atoms with Crippen molar-refractivity contribution < 1.29 is 9.53 Å². The first-order valence-corrected chi connectivity index (χ1v) is 8.22. The molecule has 0 saturated carbocycles. The topological polar surface area (TPSA) is 56.1 Å². The summed E-state index contributed by atoms with van der Waals surface area (Å²) in [7, 11) is 0. The van der Waals surface area contributed by atoms with Gasteiger partial charge in [-0.1, -0.05) is 12.1 Å². The van der Waals surface area contributed by atoms with E-state index in [2.05, 4.69) is 10.4 Å². The molecule has 1 heterocycles. The molecule has 0 saturated heterocycles. The number of ether oxygens (including phenoxy) is 1. The minimum Gasteiger partial charge on any atom is -0.492 e. The molecule has 0 unspecified atom stereocenters. The van der Waals surface area contributed by atoms with Crippen LogP contribution in [0, 0.1) is 13.8 Å². The molecule has 0 fully saturated rings. The first-order valence-electron chi connectivity index (χ1n) is 8.22. The van der Waals surface area contributed by atoms with Crippen molar-refractivity contribution in [3.63, 3.8) is 0 Å². The van der Waals surface area contributed by atoms with Crippen molar-refractivity contribution in [2.75, 3.05) is 13.2 Å². The zero-order valence-electron chi connectivity index (χ0n) is 14.4. The third-order valence-corrected chi connectivity index (χ3v) is 3.85. The molecule has 25 heavy (non-hydrogen) atoms. The van der Waals surface area contributed by atoms with Crippen LogP contribution in [0.5, 0.6) is 5.75 Å². The molecular weight excluding hydrogens is 314 g/mol. The monoisotopic (exact) mass is 335 g/mol. The molecule has 3 rings (SSSR count). The Morgan fingerprint density at radius 1 is 1.12 bits per heavy atom. The summed E-state index contributed by atoms with van der Waals surface area (Å²) in [4.78, 5) is 12.2. The number of benzene rings is 2. The molecule has 1 amide bonds. The summed E-state index contributed by atoms with van der Waals surface area (Å²) < 4.78 is 7.46. The number of rotatable bonds is 6. The normalized spacial score (nSPS) is 10.5. The quantitative estimate of drug-likeness (QED) is 0.703. The third-order valence-electron chi connectivity index (χ3n) is 3.85. The van der Waals surface area contributed by atoms with Crippen molar-refractivity contribution in [2.24, 2.45) is 0 Å². The molecule has 1 N–H and O–H groups in total. The third kappa shape index (κ3) is 4.26. The van der Waals surface area contributed by atoms with Gasteiger partial charge in [-0.15, -0.1) is 0 Å². The van der Waals surface area contributed by atoms with Gasteiger partial charge in [0.2, 0.25) is 0 Å². The van der Waals surface area contributed by atoms with E-state index < -0.39 is 0 Å². The summed E-state index contributed by atoms with van der Waals surface area (Å²) >= 11 is 0. The summed E-state index contributed by atoms with van der Waals surface area (Å²) in [5, 5.41) is 7.12. The molecule has 0 bridgehead atoms. The molecule has 0 spiro atoms. The lowest BCUT2D eigenvalue weighted by Crippen LogP contribution is -2.28. The maximum absolute atomic E-state index is 12.2. The highest BCUT2D eigenvalue weighted by Crippen LogP contribution is 2.12. The fourth-order valence-corrected chi connectivity index (χ4v) is 2.53. The van der Waals surface area contributed by atoms with Gasteiger partial charge >= 0.3 is 0 Å². The average Bonchev–Trinajstić information content (AvgIpc) is 3.05. The van der Waals surface area contributed by atoms with Gasteiger partial charge in [0.25, 0.3) is 5.91 Å². The van der Waals surface area contributed by atoms with E-state index in [-0.39, 0.29) is 5.91 Å². The SMILES string of the molecule is Cc1cccc(OCCNC(=O)c2ccc(-n3nccc3C)cc2)c1. The number of amides is 1. The second-order valence-corrected chi connectivity index (χ2v) is 5.85. The first kappa shape index (κ1) is 16.8. The molecule has 5 nitrogen and oxygen atoms in total. The Bertz CT molecular complexity index is 853. The van der Waals surface area contributed by atoms with Gasteiger partial charge in [0, 0.05) is 17.5 Å². The number of hydrogen-bond donors (Lipinski definition) is 1. The number of hydrogen-bond acceptors (Lipinski definition) is 3. The van der Waals surface area contributed by atoms with Gasteiger partial charge in [-0.05, 0) is 61.9 Å².